The topological polar surface area (TPSA) is 81.7 Å². The van der Waals surface area contributed by atoms with Crippen molar-refractivity contribution in [2.45, 2.75) is 18.7 Å². The molecule has 0 spiro atoms. The number of amides is 1. The molecule has 1 N–H and O–H groups in total. The molecule has 17 heavy (non-hydrogen) atoms. The first-order chi connectivity index (χ1) is 7.95. The fourth-order valence-corrected chi connectivity index (χ4v) is 1.75. The van der Waals surface area contributed by atoms with Crippen LogP contribution in [0.2, 0.25) is 0 Å². The van der Waals surface area contributed by atoms with Gasteiger partial charge in [-0.15, -0.1) is 4.28 Å². The Balaban J connectivity index is 2.69. The minimum Gasteiger partial charge on any atom is -0.448 e. The molecule has 0 aliphatic carbocycles. The molecule has 0 aromatic heterocycles. The lowest BCUT2D eigenvalue weighted by molar-refractivity contribution is 0.107. The second-order valence-electron chi connectivity index (χ2n) is 3.17. The molecule has 0 saturated carbocycles. The SMILES string of the molecule is CCOC(=O)NOS(=O)(=O)c1ccc(C)cc1. The van der Waals surface area contributed by atoms with E-state index in [9.17, 15) is 13.2 Å². The van der Waals surface area contributed by atoms with E-state index in [-0.39, 0.29) is 11.5 Å². The highest BCUT2D eigenvalue weighted by molar-refractivity contribution is 7.86. The van der Waals surface area contributed by atoms with Crippen molar-refractivity contribution in [1.29, 1.82) is 0 Å². The Labute approximate surface area is 99.6 Å². The number of ether oxygens (including phenoxy) is 1. The van der Waals surface area contributed by atoms with Crippen LogP contribution in [0.4, 0.5) is 4.79 Å². The lowest BCUT2D eigenvalue weighted by Gasteiger charge is -2.06. The van der Waals surface area contributed by atoms with E-state index in [0.717, 1.165) is 5.56 Å². The molecular weight excluding hydrogens is 246 g/mol. The van der Waals surface area contributed by atoms with Crippen molar-refractivity contribution in [2.75, 3.05) is 6.61 Å². The average Bonchev–Trinajstić information content (AvgIpc) is 2.28. The second kappa shape index (κ2) is 5.65. The van der Waals surface area contributed by atoms with Gasteiger partial charge in [-0.25, -0.2) is 4.79 Å². The third kappa shape index (κ3) is 4.04. The summed E-state index contributed by atoms with van der Waals surface area (Å²) < 4.78 is 31.9. The number of hydrogen-bond donors (Lipinski definition) is 1. The maximum Gasteiger partial charge on any atom is 0.432 e. The zero-order valence-corrected chi connectivity index (χ0v) is 10.3. The van der Waals surface area contributed by atoms with Gasteiger partial charge >= 0.3 is 16.2 Å². The normalized spacial score (nSPS) is 10.9. The first-order valence-corrected chi connectivity index (χ1v) is 6.29. The highest BCUT2D eigenvalue weighted by atomic mass is 32.2. The molecule has 1 aromatic rings. The molecule has 7 heteroatoms. The quantitative estimate of drug-likeness (QED) is 0.826. The van der Waals surface area contributed by atoms with Gasteiger partial charge in [0, 0.05) is 0 Å². The van der Waals surface area contributed by atoms with E-state index in [4.69, 9.17) is 0 Å². The van der Waals surface area contributed by atoms with Gasteiger partial charge in [0.1, 0.15) is 0 Å². The van der Waals surface area contributed by atoms with E-state index in [0.29, 0.717) is 0 Å². The zero-order valence-electron chi connectivity index (χ0n) is 9.47. The number of carbonyl (C=O) groups excluding carboxylic acids is 1. The Bertz CT molecular complexity index is 480. The minimum absolute atomic E-state index is 0.0418. The summed E-state index contributed by atoms with van der Waals surface area (Å²) in [4.78, 5) is 10.8. The van der Waals surface area contributed by atoms with E-state index < -0.39 is 16.2 Å². The summed E-state index contributed by atoms with van der Waals surface area (Å²) in [6.45, 7) is 3.54. The Kier molecular flexibility index (Phi) is 4.47. The largest absolute Gasteiger partial charge is 0.448 e. The highest BCUT2D eigenvalue weighted by Crippen LogP contribution is 2.11. The van der Waals surface area contributed by atoms with Gasteiger partial charge in [0.05, 0.1) is 11.5 Å². The molecule has 0 aliphatic rings. The van der Waals surface area contributed by atoms with Crippen LogP contribution in [0.3, 0.4) is 0 Å². The summed E-state index contributed by atoms with van der Waals surface area (Å²) in [6.07, 6.45) is -0.955. The molecule has 6 nitrogen and oxygen atoms in total. The number of aryl methyl sites for hydroxylation is 1. The molecule has 0 radical (unpaired) electrons. The molecular formula is C10H13NO5S. The fourth-order valence-electron chi connectivity index (χ4n) is 1.00. The van der Waals surface area contributed by atoms with Crippen molar-refractivity contribution in [3.8, 4) is 0 Å². The standard InChI is InChI=1S/C10H13NO5S/c1-3-15-10(12)11-16-17(13,14)9-6-4-8(2)5-7-9/h4-7H,3H2,1-2H3,(H,11,12). The molecule has 0 unspecified atom stereocenters. The van der Waals surface area contributed by atoms with Crippen molar-refractivity contribution in [2.24, 2.45) is 0 Å². The van der Waals surface area contributed by atoms with E-state index in [2.05, 4.69) is 9.02 Å². The van der Waals surface area contributed by atoms with Crippen LogP contribution in [0.1, 0.15) is 12.5 Å². The molecule has 0 fully saturated rings. The number of rotatable bonds is 4. The second-order valence-corrected chi connectivity index (χ2v) is 4.72. The molecule has 94 valence electrons. The van der Waals surface area contributed by atoms with Gasteiger partial charge in [0.15, 0.2) is 0 Å². The van der Waals surface area contributed by atoms with E-state index in [1.165, 1.54) is 12.1 Å². The Hall–Kier alpha value is -1.60. The van der Waals surface area contributed by atoms with Gasteiger partial charge in [0.2, 0.25) is 0 Å². The lowest BCUT2D eigenvalue weighted by atomic mass is 10.2. The minimum atomic E-state index is -4.00. The Morgan fingerprint density at radius 3 is 2.41 bits per heavy atom. The number of benzene rings is 1. The van der Waals surface area contributed by atoms with Crippen molar-refractivity contribution in [3.05, 3.63) is 29.8 Å². The predicted octanol–water partition coefficient (Wildman–Crippen LogP) is 1.36. The van der Waals surface area contributed by atoms with E-state index in [1.54, 1.807) is 24.5 Å². The summed E-state index contributed by atoms with van der Waals surface area (Å²) in [7, 11) is -4.00. The summed E-state index contributed by atoms with van der Waals surface area (Å²) in [6, 6.07) is 6.02. The molecule has 1 amide bonds. The number of hydroxylamine groups is 1. The fraction of sp³-hybridized carbons (Fsp3) is 0.300. The van der Waals surface area contributed by atoms with Gasteiger partial charge in [-0.3, -0.25) is 0 Å². The Morgan fingerprint density at radius 1 is 1.29 bits per heavy atom. The van der Waals surface area contributed by atoms with Gasteiger partial charge in [0.25, 0.3) is 0 Å². The van der Waals surface area contributed by atoms with Crippen LogP contribution in [-0.2, 0) is 19.1 Å². The van der Waals surface area contributed by atoms with Gasteiger partial charge < -0.3 is 4.74 Å². The van der Waals surface area contributed by atoms with Crippen molar-refractivity contribution in [3.63, 3.8) is 0 Å². The van der Waals surface area contributed by atoms with Gasteiger partial charge in [-0.2, -0.15) is 13.9 Å². The number of nitrogens with one attached hydrogen (secondary N) is 1. The summed E-state index contributed by atoms with van der Waals surface area (Å²) in [5, 5.41) is 0. The predicted molar refractivity (Wildman–Crippen MR) is 59.6 cm³/mol. The average molecular weight is 259 g/mol. The molecule has 1 rings (SSSR count). The molecule has 0 aliphatic heterocycles. The lowest BCUT2D eigenvalue weighted by Crippen LogP contribution is -2.27. The first kappa shape index (κ1) is 13.5. The highest BCUT2D eigenvalue weighted by Gasteiger charge is 2.17. The number of carbonyl (C=O) groups is 1. The monoisotopic (exact) mass is 259 g/mol. The van der Waals surface area contributed by atoms with Crippen molar-refractivity contribution in [1.82, 2.24) is 5.48 Å². The number of hydrogen-bond acceptors (Lipinski definition) is 5. The van der Waals surface area contributed by atoms with Crippen LogP contribution in [-0.4, -0.2) is 21.1 Å². The summed E-state index contributed by atoms with van der Waals surface area (Å²) >= 11 is 0. The van der Waals surface area contributed by atoms with E-state index in [1.807, 2.05) is 6.92 Å². The molecule has 1 aromatic carbocycles. The summed E-state index contributed by atoms with van der Waals surface area (Å²) in [5.41, 5.74) is 2.61. The van der Waals surface area contributed by atoms with E-state index >= 15 is 0 Å². The van der Waals surface area contributed by atoms with Crippen LogP contribution >= 0.6 is 0 Å². The van der Waals surface area contributed by atoms with Crippen LogP contribution in [0.25, 0.3) is 0 Å². The molecule has 0 bridgehead atoms. The smallest absolute Gasteiger partial charge is 0.432 e. The van der Waals surface area contributed by atoms with Gasteiger partial charge in [-0.1, -0.05) is 17.7 Å². The maximum absolute atomic E-state index is 11.6. The molecule has 0 atom stereocenters. The summed E-state index contributed by atoms with van der Waals surface area (Å²) in [5.74, 6) is 0. The zero-order chi connectivity index (χ0) is 12.9. The van der Waals surface area contributed by atoms with Crippen molar-refractivity contribution >= 4 is 16.2 Å². The van der Waals surface area contributed by atoms with Crippen LogP contribution in [0.5, 0.6) is 0 Å². The van der Waals surface area contributed by atoms with Crippen LogP contribution in [0.15, 0.2) is 29.2 Å². The third-order valence-electron chi connectivity index (χ3n) is 1.82. The molecule has 0 saturated heterocycles. The van der Waals surface area contributed by atoms with Crippen LogP contribution < -0.4 is 5.48 Å². The molecule has 0 heterocycles. The van der Waals surface area contributed by atoms with Gasteiger partial charge in [-0.05, 0) is 26.0 Å². The van der Waals surface area contributed by atoms with Crippen molar-refractivity contribution < 1.29 is 22.2 Å². The maximum atomic E-state index is 11.6. The third-order valence-corrected chi connectivity index (χ3v) is 2.97. The first-order valence-electron chi connectivity index (χ1n) is 4.88. The Morgan fingerprint density at radius 2 is 1.88 bits per heavy atom. The van der Waals surface area contributed by atoms with Crippen LogP contribution in [0, 0.1) is 6.92 Å².